The van der Waals surface area contributed by atoms with E-state index >= 15 is 0 Å². The third-order valence-corrected chi connectivity index (χ3v) is 4.71. The van der Waals surface area contributed by atoms with Gasteiger partial charge < -0.3 is 5.32 Å². The van der Waals surface area contributed by atoms with E-state index in [9.17, 15) is 4.79 Å². The van der Waals surface area contributed by atoms with Crippen molar-refractivity contribution < 1.29 is 4.79 Å². The van der Waals surface area contributed by atoms with Gasteiger partial charge in [0.2, 0.25) is 0 Å². The zero-order valence-electron chi connectivity index (χ0n) is 14.6. The second-order valence-electron chi connectivity index (χ2n) is 6.81. The van der Waals surface area contributed by atoms with Crippen LogP contribution < -0.4 is 5.32 Å². The number of hydrogen-bond acceptors (Lipinski definition) is 2. The Morgan fingerprint density at radius 2 is 1.71 bits per heavy atom. The predicted molar refractivity (Wildman–Crippen MR) is 99.4 cm³/mol. The van der Waals surface area contributed by atoms with Gasteiger partial charge in [0.1, 0.15) is 0 Å². The van der Waals surface area contributed by atoms with E-state index in [4.69, 9.17) is 0 Å². The second-order valence-corrected chi connectivity index (χ2v) is 6.81. The quantitative estimate of drug-likeness (QED) is 0.896. The first-order valence-electron chi connectivity index (χ1n) is 8.82. The van der Waals surface area contributed by atoms with E-state index < -0.39 is 0 Å². The van der Waals surface area contributed by atoms with Crippen LogP contribution in [0.25, 0.3) is 0 Å². The minimum atomic E-state index is -0.0479. The molecule has 2 aromatic carbocycles. The maximum Gasteiger partial charge on any atom is 0.255 e. The Hall–Kier alpha value is -2.13. The van der Waals surface area contributed by atoms with Crippen LogP contribution in [0.1, 0.15) is 46.3 Å². The van der Waals surface area contributed by atoms with Crippen LogP contribution >= 0.6 is 0 Å². The number of rotatable bonds is 4. The average molecular weight is 322 g/mol. The van der Waals surface area contributed by atoms with E-state index in [1.807, 2.05) is 38.1 Å². The Morgan fingerprint density at radius 1 is 1.00 bits per heavy atom. The summed E-state index contributed by atoms with van der Waals surface area (Å²) in [6.45, 7) is 7.41. The van der Waals surface area contributed by atoms with Crippen molar-refractivity contribution in [3.63, 3.8) is 0 Å². The molecule has 24 heavy (non-hydrogen) atoms. The molecule has 3 rings (SSSR count). The fourth-order valence-corrected chi connectivity index (χ4v) is 3.20. The zero-order chi connectivity index (χ0) is 16.9. The predicted octanol–water partition coefficient (Wildman–Crippen LogP) is 4.54. The highest BCUT2D eigenvalue weighted by Gasteiger charge is 2.11. The summed E-state index contributed by atoms with van der Waals surface area (Å²) < 4.78 is 0. The number of anilines is 1. The number of likely N-dealkylation sites (tertiary alicyclic amines) is 1. The van der Waals surface area contributed by atoms with Crippen LogP contribution in [-0.4, -0.2) is 23.9 Å². The molecule has 1 aliphatic heterocycles. The molecule has 2 aromatic rings. The molecule has 0 unspecified atom stereocenters. The topological polar surface area (TPSA) is 32.3 Å². The van der Waals surface area contributed by atoms with Gasteiger partial charge in [-0.05, 0) is 74.7 Å². The Balaban J connectivity index is 1.64. The molecule has 0 radical (unpaired) electrons. The van der Waals surface area contributed by atoms with E-state index in [-0.39, 0.29) is 5.91 Å². The fraction of sp³-hybridized carbons (Fsp3) is 0.381. The number of carbonyl (C=O) groups excluding carboxylic acids is 1. The van der Waals surface area contributed by atoms with Gasteiger partial charge in [0.25, 0.3) is 5.91 Å². The molecule has 3 nitrogen and oxygen atoms in total. The van der Waals surface area contributed by atoms with Gasteiger partial charge in [-0.1, -0.05) is 30.7 Å². The standard InChI is InChI=1S/C21H26N2O/c1-16-6-7-17(2)20(14-16)22-21(24)19-10-8-18(9-11-19)15-23-12-4-3-5-13-23/h6-11,14H,3-5,12-13,15H2,1-2H3,(H,22,24). The lowest BCUT2D eigenvalue weighted by Crippen LogP contribution is -2.29. The maximum atomic E-state index is 12.5. The molecular formula is C21H26N2O. The third kappa shape index (κ3) is 4.24. The minimum Gasteiger partial charge on any atom is -0.322 e. The first-order valence-corrected chi connectivity index (χ1v) is 8.82. The summed E-state index contributed by atoms with van der Waals surface area (Å²) in [5, 5.41) is 3.02. The van der Waals surface area contributed by atoms with Crippen LogP contribution in [0.2, 0.25) is 0 Å². The molecule has 1 heterocycles. The van der Waals surface area contributed by atoms with Crippen molar-refractivity contribution in [1.29, 1.82) is 0 Å². The SMILES string of the molecule is Cc1ccc(C)c(NC(=O)c2ccc(CN3CCCCC3)cc2)c1. The molecule has 3 heteroatoms. The molecule has 0 atom stereocenters. The average Bonchev–Trinajstić information content (AvgIpc) is 2.60. The number of hydrogen-bond donors (Lipinski definition) is 1. The first-order chi connectivity index (χ1) is 11.6. The van der Waals surface area contributed by atoms with E-state index in [0.29, 0.717) is 5.56 Å². The van der Waals surface area contributed by atoms with Gasteiger partial charge >= 0.3 is 0 Å². The highest BCUT2D eigenvalue weighted by Crippen LogP contribution is 2.18. The van der Waals surface area contributed by atoms with Crippen molar-refractivity contribution in [2.75, 3.05) is 18.4 Å². The molecule has 1 fully saturated rings. The van der Waals surface area contributed by atoms with Crippen LogP contribution in [0.5, 0.6) is 0 Å². The summed E-state index contributed by atoms with van der Waals surface area (Å²) in [5.41, 5.74) is 5.10. The molecule has 1 aliphatic rings. The Labute approximate surface area is 144 Å². The highest BCUT2D eigenvalue weighted by molar-refractivity contribution is 6.04. The van der Waals surface area contributed by atoms with E-state index in [1.165, 1.54) is 37.9 Å². The van der Waals surface area contributed by atoms with Crippen molar-refractivity contribution in [2.24, 2.45) is 0 Å². The lowest BCUT2D eigenvalue weighted by atomic mass is 10.1. The van der Waals surface area contributed by atoms with Gasteiger partial charge in [-0.25, -0.2) is 0 Å². The smallest absolute Gasteiger partial charge is 0.255 e. The molecule has 0 aromatic heterocycles. The molecular weight excluding hydrogens is 296 g/mol. The zero-order valence-corrected chi connectivity index (χ0v) is 14.6. The number of nitrogens with one attached hydrogen (secondary N) is 1. The van der Waals surface area contributed by atoms with Crippen LogP contribution in [0.15, 0.2) is 42.5 Å². The van der Waals surface area contributed by atoms with Crippen LogP contribution in [0.3, 0.4) is 0 Å². The summed E-state index contributed by atoms with van der Waals surface area (Å²) in [5.74, 6) is -0.0479. The van der Waals surface area contributed by atoms with Crippen LogP contribution in [-0.2, 0) is 6.54 Å². The molecule has 1 saturated heterocycles. The third-order valence-electron chi connectivity index (χ3n) is 4.71. The number of piperidine rings is 1. The summed E-state index contributed by atoms with van der Waals surface area (Å²) in [4.78, 5) is 15.0. The van der Waals surface area contributed by atoms with Crippen molar-refractivity contribution in [3.05, 3.63) is 64.7 Å². The van der Waals surface area contributed by atoms with Gasteiger partial charge in [0.15, 0.2) is 0 Å². The number of amides is 1. The molecule has 0 aliphatic carbocycles. The maximum absolute atomic E-state index is 12.5. The van der Waals surface area contributed by atoms with Gasteiger partial charge in [-0.15, -0.1) is 0 Å². The summed E-state index contributed by atoms with van der Waals surface area (Å²) >= 11 is 0. The minimum absolute atomic E-state index is 0.0479. The van der Waals surface area contributed by atoms with Gasteiger partial charge in [-0.2, -0.15) is 0 Å². The first kappa shape index (κ1) is 16.7. The largest absolute Gasteiger partial charge is 0.322 e. The highest BCUT2D eigenvalue weighted by atomic mass is 16.1. The molecule has 1 N–H and O–H groups in total. The Kier molecular flexibility index (Phi) is 5.31. The molecule has 0 saturated carbocycles. The molecule has 126 valence electrons. The summed E-state index contributed by atoms with van der Waals surface area (Å²) in [6.07, 6.45) is 3.96. The second kappa shape index (κ2) is 7.63. The van der Waals surface area contributed by atoms with E-state index in [0.717, 1.165) is 23.4 Å². The van der Waals surface area contributed by atoms with Gasteiger partial charge in [-0.3, -0.25) is 9.69 Å². The lowest BCUT2D eigenvalue weighted by Gasteiger charge is -2.26. The van der Waals surface area contributed by atoms with E-state index in [2.05, 4.69) is 28.4 Å². The lowest BCUT2D eigenvalue weighted by molar-refractivity contribution is 0.102. The number of benzene rings is 2. The van der Waals surface area contributed by atoms with Crippen molar-refractivity contribution >= 4 is 11.6 Å². The fourth-order valence-electron chi connectivity index (χ4n) is 3.20. The molecule has 1 amide bonds. The van der Waals surface area contributed by atoms with Crippen LogP contribution in [0, 0.1) is 13.8 Å². The number of carbonyl (C=O) groups is 1. The van der Waals surface area contributed by atoms with Gasteiger partial charge in [0, 0.05) is 17.8 Å². The number of nitrogens with zero attached hydrogens (tertiary/aromatic N) is 1. The van der Waals surface area contributed by atoms with Crippen molar-refractivity contribution in [2.45, 2.75) is 39.7 Å². The summed E-state index contributed by atoms with van der Waals surface area (Å²) in [7, 11) is 0. The Morgan fingerprint density at radius 3 is 2.42 bits per heavy atom. The van der Waals surface area contributed by atoms with Gasteiger partial charge in [0.05, 0.1) is 0 Å². The summed E-state index contributed by atoms with van der Waals surface area (Å²) in [6, 6.07) is 14.1. The van der Waals surface area contributed by atoms with Crippen molar-refractivity contribution in [1.82, 2.24) is 4.90 Å². The van der Waals surface area contributed by atoms with E-state index in [1.54, 1.807) is 0 Å². The molecule has 0 bridgehead atoms. The number of aryl methyl sites for hydroxylation is 2. The normalized spacial score (nSPS) is 15.2. The molecule has 0 spiro atoms. The monoisotopic (exact) mass is 322 g/mol. The Bertz CT molecular complexity index is 700. The van der Waals surface area contributed by atoms with Crippen molar-refractivity contribution in [3.8, 4) is 0 Å². The van der Waals surface area contributed by atoms with Crippen LogP contribution in [0.4, 0.5) is 5.69 Å².